The van der Waals surface area contributed by atoms with Gasteiger partial charge in [-0.05, 0) is 42.3 Å². The maximum atomic E-state index is 9.87. The first kappa shape index (κ1) is 16.0. The number of hydrogen-bond donors (Lipinski definition) is 5. The third-order valence-corrected chi connectivity index (χ3v) is 4.60. The summed E-state index contributed by atoms with van der Waals surface area (Å²) in [7, 11) is 0. The fourth-order valence-electron chi connectivity index (χ4n) is 3.37. The zero-order valence-electron chi connectivity index (χ0n) is 14.2. The summed E-state index contributed by atoms with van der Waals surface area (Å²) in [4.78, 5) is 7.52. The Hall–Kier alpha value is -3.54. The number of rotatable bonds is 1. The SMILES string of the molecule is Cc1cc(C2Nc3ccccc3/C(=N/C(=N)N)c3[nH]ccc32)ccc1O. The van der Waals surface area contributed by atoms with Gasteiger partial charge in [-0.2, -0.15) is 0 Å². The van der Waals surface area contributed by atoms with Gasteiger partial charge in [0.25, 0.3) is 0 Å². The highest BCUT2D eigenvalue weighted by Gasteiger charge is 2.28. The highest BCUT2D eigenvalue weighted by molar-refractivity contribution is 6.19. The summed E-state index contributed by atoms with van der Waals surface area (Å²) < 4.78 is 0. The van der Waals surface area contributed by atoms with Crippen LogP contribution in [0.2, 0.25) is 0 Å². The van der Waals surface area contributed by atoms with Crippen LogP contribution < -0.4 is 11.1 Å². The number of H-pyrrole nitrogens is 1. The summed E-state index contributed by atoms with van der Waals surface area (Å²) in [5.74, 6) is 0.0326. The van der Waals surface area contributed by atoms with E-state index in [1.54, 1.807) is 6.07 Å². The quantitative estimate of drug-likeness (QED) is 0.345. The predicted molar refractivity (Wildman–Crippen MR) is 103 cm³/mol. The van der Waals surface area contributed by atoms with Crippen molar-refractivity contribution < 1.29 is 5.11 Å². The second-order valence-corrected chi connectivity index (χ2v) is 6.32. The molecule has 2 heterocycles. The highest BCUT2D eigenvalue weighted by atomic mass is 16.3. The molecule has 26 heavy (non-hydrogen) atoms. The summed E-state index contributed by atoms with van der Waals surface area (Å²) in [6, 6.07) is 15.3. The van der Waals surface area contributed by atoms with E-state index in [1.165, 1.54) is 0 Å². The molecule has 6 N–H and O–H groups in total. The molecule has 0 spiro atoms. The molecule has 1 aliphatic heterocycles. The molecule has 0 radical (unpaired) electrons. The van der Waals surface area contributed by atoms with Crippen LogP contribution in [0.1, 0.15) is 34.0 Å². The van der Waals surface area contributed by atoms with Crippen LogP contribution in [0.25, 0.3) is 0 Å². The molecule has 6 nitrogen and oxygen atoms in total. The molecule has 0 saturated carbocycles. The van der Waals surface area contributed by atoms with Crippen molar-refractivity contribution in [2.75, 3.05) is 5.32 Å². The molecule has 0 saturated heterocycles. The van der Waals surface area contributed by atoms with Crippen LogP contribution in [0.5, 0.6) is 5.75 Å². The van der Waals surface area contributed by atoms with Crippen molar-refractivity contribution in [1.82, 2.24) is 4.98 Å². The fourth-order valence-corrected chi connectivity index (χ4v) is 3.37. The van der Waals surface area contributed by atoms with Crippen LogP contribution in [0.4, 0.5) is 5.69 Å². The van der Waals surface area contributed by atoms with Crippen LogP contribution in [0, 0.1) is 12.3 Å². The van der Waals surface area contributed by atoms with Gasteiger partial charge in [0, 0.05) is 23.0 Å². The monoisotopic (exact) mass is 345 g/mol. The molecule has 1 aliphatic rings. The zero-order valence-corrected chi connectivity index (χ0v) is 14.2. The molecule has 0 bridgehead atoms. The molecule has 130 valence electrons. The lowest BCUT2D eigenvalue weighted by molar-refractivity contribution is 0.471. The maximum absolute atomic E-state index is 9.87. The number of nitrogens with zero attached hydrogens (tertiary/aromatic N) is 1. The Labute approximate surface area is 150 Å². The zero-order chi connectivity index (χ0) is 18.3. The average Bonchev–Trinajstić information content (AvgIpc) is 3.05. The Balaban J connectivity index is 1.96. The third-order valence-electron chi connectivity index (χ3n) is 4.60. The molecule has 3 aromatic rings. The standard InChI is InChI=1S/C20H19N5O/c1-11-10-12(6-7-16(11)26)17-14-8-9-23-18(14)19(25-20(21)22)13-4-2-3-5-15(13)24-17/h2-10,17,23-24,26H,1H3,(H3,21,22)/b25-19-. The van der Waals surface area contributed by atoms with E-state index in [1.807, 2.05) is 55.6 Å². The van der Waals surface area contributed by atoms with Gasteiger partial charge in [0.15, 0.2) is 0 Å². The normalized spacial score (nSPS) is 17.1. The van der Waals surface area contributed by atoms with Crippen molar-refractivity contribution in [2.45, 2.75) is 13.0 Å². The second kappa shape index (κ2) is 6.07. The molecule has 4 rings (SSSR count). The number of nitrogens with two attached hydrogens (primary N) is 1. The van der Waals surface area contributed by atoms with Gasteiger partial charge in [0.2, 0.25) is 5.96 Å². The number of aromatic hydroxyl groups is 1. The molecule has 1 aromatic heterocycles. The Morgan fingerprint density at radius 3 is 2.77 bits per heavy atom. The summed E-state index contributed by atoms with van der Waals surface area (Å²) in [5, 5.41) is 21.1. The van der Waals surface area contributed by atoms with Crippen molar-refractivity contribution in [3.05, 3.63) is 82.7 Å². The number of phenolic OH excluding ortho intramolecular Hbond substituents is 1. The Morgan fingerprint density at radius 1 is 1.19 bits per heavy atom. The van der Waals surface area contributed by atoms with Gasteiger partial charge in [-0.1, -0.05) is 24.3 Å². The van der Waals surface area contributed by atoms with Crippen molar-refractivity contribution in [1.29, 1.82) is 5.41 Å². The predicted octanol–water partition coefficient (Wildman–Crippen LogP) is 3.27. The number of aromatic nitrogens is 1. The number of aromatic amines is 1. The van der Waals surface area contributed by atoms with Gasteiger partial charge in [0.1, 0.15) is 11.5 Å². The highest BCUT2D eigenvalue weighted by Crippen LogP contribution is 2.36. The minimum Gasteiger partial charge on any atom is -0.508 e. The van der Waals surface area contributed by atoms with Crippen LogP contribution in [-0.4, -0.2) is 21.8 Å². The molecule has 1 atom stereocenters. The van der Waals surface area contributed by atoms with Gasteiger partial charge >= 0.3 is 0 Å². The van der Waals surface area contributed by atoms with Crippen molar-refractivity contribution in [3.8, 4) is 5.75 Å². The number of aryl methyl sites for hydroxylation is 1. The van der Waals surface area contributed by atoms with Crippen LogP contribution in [0.15, 0.2) is 59.7 Å². The number of nitrogens with one attached hydrogen (secondary N) is 3. The van der Waals surface area contributed by atoms with Crippen molar-refractivity contribution in [2.24, 2.45) is 10.7 Å². The number of guanidine groups is 1. The molecule has 0 fully saturated rings. The van der Waals surface area contributed by atoms with Crippen molar-refractivity contribution in [3.63, 3.8) is 0 Å². The lowest BCUT2D eigenvalue weighted by Gasteiger charge is -2.20. The van der Waals surface area contributed by atoms with Crippen LogP contribution >= 0.6 is 0 Å². The first-order valence-corrected chi connectivity index (χ1v) is 8.30. The van der Waals surface area contributed by atoms with E-state index in [4.69, 9.17) is 11.1 Å². The largest absolute Gasteiger partial charge is 0.508 e. The number of aliphatic imine (C=N–C) groups is 1. The Morgan fingerprint density at radius 2 is 2.00 bits per heavy atom. The summed E-state index contributed by atoms with van der Waals surface area (Å²) in [5.41, 5.74) is 11.7. The molecular weight excluding hydrogens is 326 g/mol. The topological polar surface area (TPSA) is 110 Å². The van der Waals surface area contributed by atoms with E-state index < -0.39 is 0 Å². The van der Waals surface area contributed by atoms with Crippen LogP contribution in [0.3, 0.4) is 0 Å². The van der Waals surface area contributed by atoms with Gasteiger partial charge in [-0.3, -0.25) is 5.41 Å². The van der Waals surface area contributed by atoms with E-state index in [0.717, 1.165) is 33.6 Å². The summed E-state index contributed by atoms with van der Waals surface area (Å²) in [6.45, 7) is 1.88. The smallest absolute Gasteiger partial charge is 0.213 e. The first-order chi connectivity index (χ1) is 12.5. The number of phenols is 1. The summed E-state index contributed by atoms with van der Waals surface area (Å²) >= 11 is 0. The second-order valence-electron chi connectivity index (χ2n) is 6.32. The van der Waals surface area contributed by atoms with E-state index >= 15 is 0 Å². The minimum atomic E-state index is -0.241. The lowest BCUT2D eigenvalue weighted by Crippen LogP contribution is -2.14. The number of benzene rings is 2. The van der Waals surface area contributed by atoms with E-state index in [0.29, 0.717) is 5.71 Å². The van der Waals surface area contributed by atoms with E-state index in [-0.39, 0.29) is 17.8 Å². The molecule has 1 unspecified atom stereocenters. The van der Waals surface area contributed by atoms with Crippen LogP contribution in [-0.2, 0) is 0 Å². The van der Waals surface area contributed by atoms with E-state index in [2.05, 4.69) is 15.3 Å². The van der Waals surface area contributed by atoms with Crippen molar-refractivity contribution >= 4 is 17.4 Å². The Bertz CT molecular complexity index is 1030. The maximum Gasteiger partial charge on any atom is 0.213 e. The lowest BCUT2D eigenvalue weighted by atomic mass is 9.96. The minimum absolute atomic E-state index is 0.128. The number of para-hydroxylation sites is 1. The van der Waals surface area contributed by atoms with Gasteiger partial charge in [-0.25, -0.2) is 4.99 Å². The fraction of sp³-hybridized carbons (Fsp3) is 0.100. The number of anilines is 1. The number of hydrogen-bond acceptors (Lipinski definition) is 3. The number of fused-ring (bicyclic) bond motifs is 2. The summed E-state index contributed by atoms with van der Waals surface area (Å²) in [6.07, 6.45) is 1.86. The van der Waals surface area contributed by atoms with Gasteiger partial charge < -0.3 is 21.1 Å². The molecule has 0 aliphatic carbocycles. The first-order valence-electron chi connectivity index (χ1n) is 8.30. The molecule has 6 heteroatoms. The van der Waals surface area contributed by atoms with E-state index in [9.17, 15) is 5.11 Å². The molecule has 2 aromatic carbocycles. The third kappa shape index (κ3) is 2.61. The molecular formula is C20H19N5O. The van der Waals surface area contributed by atoms with Gasteiger partial charge in [-0.15, -0.1) is 0 Å². The molecule has 0 amide bonds. The van der Waals surface area contributed by atoms with Gasteiger partial charge in [0.05, 0.1) is 11.7 Å². The Kier molecular flexibility index (Phi) is 3.73. The average molecular weight is 345 g/mol.